The van der Waals surface area contributed by atoms with E-state index in [4.69, 9.17) is 5.73 Å². The van der Waals surface area contributed by atoms with Crippen LogP contribution in [0.5, 0.6) is 0 Å². The second-order valence-corrected chi connectivity index (χ2v) is 4.28. The first-order chi connectivity index (χ1) is 8.27. The third-order valence-corrected chi connectivity index (χ3v) is 3.19. The number of thiophene rings is 1. The van der Waals surface area contributed by atoms with E-state index >= 15 is 0 Å². The molecule has 0 spiro atoms. The van der Waals surface area contributed by atoms with Gasteiger partial charge in [-0.3, -0.25) is 4.79 Å². The summed E-state index contributed by atoms with van der Waals surface area (Å²) in [6, 6.07) is 5.49. The number of aromatic nitrogens is 3. The van der Waals surface area contributed by atoms with Gasteiger partial charge in [0.05, 0.1) is 11.3 Å². The van der Waals surface area contributed by atoms with Crippen LogP contribution in [-0.2, 0) is 0 Å². The van der Waals surface area contributed by atoms with Gasteiger partial charge in [-0.25, -0.2) is 9.50 Å². The fourth-order valence-electron chi connectivity index (χ4n) is 1.73. The summed E-state index contributed by atoms with van der Waals surface area (Å²) < 4.78 is 1.63. The van der Waals surface area contributed by atoms with Gasteiger partial charge in [-0.1, -0.05) is 0 Å². The van der Waals surface area contributed by atoms with Gasteiger partial charge in [0.1, 0.15) is 6.33 Å². The molecular formula is C11H8N4OS. The molecule has 3 aromatic rings. The summed E-state index contributed by atoms with van der Waals surface area (Å²) in [5.41, 5.74) is 8.09. The lowest BCUT2D eigenvalue weighted by atomic mass is 10.2. The van der Waals surface area contributed by atoms with Crippen molar-refractivity contribution in [1.82, 2.24) is 14.6 Å². The Bertz CT molecular complexity index is 687. The van der Waals surface area contributed by atoms with Crippen molar-refractivity contribution in [1.29, 1.82) is 0 Å². The van der Waals surface area contributed by atoms with Gasteiger partial charge < -0.3 is 5.73 Å². The lowest BCUT2D eigenvalue weighted by Gasteiger charge is -2.04. The number of pyridine rings is 1. The number of rotatable bonds is 2. The van der Waals surface area contributed by atoms with Crippen LogP contribution in [0.2, 0.25) is 0 Å². The molecule has 0 bridgehead atoms. The van der Waals surface area contributed by atoms with Crippen molar-refractivity contribution >= 4 is 22.9 Å². The molecule has 84 valence electrons. The second kappa shape index (κ2) is 3.67. The van der Waals surface area contributed by atoms with Crippen molar-refractivity contribution in [2.45, 2.75) is 0 Å². The molecular weight excluding hydrogens is 236 g/mol. The summed E-state index contributed by atoms with van der Waals surface area (Å²) in [5.74, 6) is -0.500. The van der Waals surface area contributed by atoms with Gasteiger partial charge in [-0.15, -0.1) is 0 Å². The number of carbonyl (C=O) groups excluding carboxylic acids is 1. The van der Waals surface area contributed by atoms with Gasteiger partial charge in [0.25, 0.3) is 5.91 Å². The van der Waals surface area contributed by atoms with E-state index in [1.54, 1.807) is 21.9 Å². The Balaban J connectivity index is 2.33. The molecule has 0 saturated heterocycles. The van der Waals surface area contributed by atoms with Gasteiger partial charge in [0.2, 0.25) is 0 Å². The van der Waals surface area contributed by atoms with E-state index in [1.807, 2.05) is 22.9 Å². The minimum absolute atomic E-state index is 0.376. The Kier molecular flexibility index (Phi) is 2.15. The van der Waals surface area contributed by atoms with E-state index in [1.165, 1.54) is 6.33 Å². The zero-order valence-corrected chi connectivity index (χ0v) is 9.52. The number of carbonyl (C=O) groups is 1. The summed E-state index contributed by atoms with van der Waals surface area (Å²) in [6.07, 6.45) is 1.41. The van der Waals surface area contributed by atoms with Crippen molar-refractivity contribution in [3.8, 4) is 11.3 Å². The molecule has 0 aromatic carbocycles. The molecule has 0 aliphatic carbocycles. The lowest BCUT2D eigenvalue weighted by molar-refractivity contribution is 0.100. The third kappa shape index (κ3) is 1.50. The Morgan fingerprint density at radius 3 is 2.94 bits per heavy atom. The molecule has 17 heavy (non-hydrogen) atoms. The van der Waals surface area contributed by atoms with Crippen LogP contribution in [0, 0.1) is 0 Å². The van der Waals surface area contributed by atoms with Crippen LogP contribution in [0.3, 0.4) is 0 Å². The van der Waals surface area contributed by atoms with Crippen molar-refractivity contribution < 1.29 is 4.79 Å². The maximum absolute atomic E-state index is 11.3. The molecule has 0 aliphatic heterocycles. The summed E-state index contributed by atoms with van der Waals surface area (Å²) in [5, 5.41) is 8.12. The first-order valence-electron chi connectivity index (χ1n) is 4.92. The zero-order valence-electron chi connectivity index (χ0n) is 8.70. The van der Waals surface area contributed by atoms with E-state index in [9.17, 15) is 4.79 Å². The molecule has 0 atom stereocenters. The topological polar surface area (TPSA) is 73.3 Å². The minimum Gasteiger partial charge on any atom is -0.365 e. The average molecular weight is 244 g/mol. The molecule has 0 radical (unpaired) electrons. The SMILES string of the molecule is NC(=O)c1ccc(-c2ccsc2)n2ncnc12. The van der Waals surface area contributed by atoms with E-state index in [0.717, 1.165) is 11.3 Å². The van der Waals surface area contributed by atoms with Gasteiger partial charge in [-0.05, 0) is 23.6 Å². The fraction of sp³-hybridized carbons (Fsp3) is 0. The highest BCUT2D eigenvalue weighted by atomic mass is 32.1. The van der Waals surface area contributed by atoms with E-state index in [-0.39, 0.29) is 0 Å². The number of nitrogens with zero attached hydrogens (tertiary/aromatic N) is 3. The van der Waals surface area contributed by atoms with Crippen LogP contribution in [0.15, 0.2) is 35.3 Å². The largest absolute Gasteiger partial charge is 0.365 e. The van der Waals surface area contributed by atoms with Crippen LogP contribution in [0.1, 0.15) is 10.4 Å². The molecule has 5 nitrogen and oxygen atoms in total. The van der Waals surface area contributed by atoms with E-state index in [0.29, 0.717) is 11.2 Å². The summed E-state index contributed by atoms with van der Waals surface area (Å²) in [6.45, 7) is 0. The quantitative estimate of drug-likeness (QED) is 0.743. The molecule has 6 heteroatoms. The summed E-state index contributed by atoms with van der Waals surface area (Å²) >= 11 is 1.60. The Morgan fingerprint density at radius 2 is 2.24 bits per heavy atom. The number of primary amides is 1. The van der Waals surface area contributed by atoms with Crippen LogP contribution in [0.25, 0.3) is 16.9 Å². The molecule has 1 amide bonds. The molecule has 3 heterocycles. The zero-order chi connectivity index (χ0) is 11.8. The molecule has 0 saturated carbocycles. The maximum Gasteiger partial charge on any atom is 0.252 e. The van der Waals surface area contributed by atoms with Gasteiger partial charge >= 0.3 is 0 Å². The lowest BCUT2D eigenvalue weighted by Crippen LogP contribution is -2.13. The molecule has 0 unspecified atom stereocenters. The van der Waals surface area contributed by atoms with Crippen LogP contribution in [0.4, 0.5) is 0 Å². The highest BCUT2D eigenvalue weighted by molar-refractivity contribution is 7.08. The van der Waals surface area contributed by atoms with Gasteiger partial charge in [-0.2, -0.15) is 16.4 Å². The van der Waals surface area contributed by atoms with Gasteiger partial charge in [0.15, 0.2) is 5.65 Å². The fourth-order valence-corrected chi connectivity index (χ4v) is 2.38. The normalized spacial score (nSPS) is 10.8. The highest BCUT2D eigenvalue weighted by Crippen LogP contribution is 2.23. The number of nitrogens with two attached hydrogens (primary N) is 1. The monoisotopic (exact) mass is 244 g/mol. The molecule has 0 fully saturated rings. The average Bonchev–Trinajstić information content (AvgIpc) is 2.98. The van der Waals surface area contributed by atoms with Crippen molar-refractivity contribution in [3.05, 3.63) is 40.8 Å². The first kappa shape index (κ1) is 9.98. The minimum atomic E-state index is -0.500. The van der Waals surface area contributed by atoms with Crippen molar-refractivity contribution in [3.63, 3.8) is 0 Å². The molecule has 3 rings (SSSR count). The Labute approximate surface area is 101 Å². The third-order valence-electron chi connectivity index (χ3n) is 2.51. The standard InChI is InChI=1S/C11H8N4OS/c12-10(16)8-1-2-9(7-3-4-17-5-7)15-11(8)13-6-14-15/h1-6H,(H2,12,16). The van der Waals surface area contributed by atoms with Crippen LogP contribution in [-0.4, -0.2) is 20.5 Å². The number of hydrogen-bond acceptors (Lipinski definition) is 4. The maximum atomic E-state index is 11.3. The van der Waals surface area contributed by atoms with Crippen LogP contribution < -0.4 is 5.73 Å². The van der Waals surface area contributed by atoms with E-state index < -0.39 is 5.91 Å². The Morgan fingerprint density at radius 1 is 1.35 bits per heavy atom. The number of amides is 1. The van der Waals surface area contributed by atoms with Crippen molar-refractivity contribution in [2.24, 2.45) is 5.73 Å². The molecule has 0 aliphatic rings. The Hall–Kier alpha value is -2.21. The van der Waals surface area contributed by atoms with Crippen molar-refractivity contribution in [2.75, 3.05) is 0 Å². The van der Waals surface area contributed by atoms with E-state index in [2.05, 4.69) is 10.1 Å². The predicted octanol–water partition coefficient (Wildman–Crippen LogP) is 1.56. The predicted molar refractivity (Wildman–Crippen MR) is 64.8 cm³/mol. The molecule has 3 aromatic heterocycles. The first-order valence-corrected chi connectivity index (χ1v) is 5.87. The number of hydrogen-bond donors (Lipinski definition) is 1. The summed E-state index contributed by atoms with van der Waals surface area (Å²) in [4.78, 5) is 15.3. The second-order valence-electron chi connectivity index (χ2n) is 3.50. The van der Waals surface area contributed by atoms with Gasteiger partial charge in [0, 0.05) is 10.9 Å². The number of fused-ring (bicyclic) bond motifs is 1. The summed E-state index contributed by atoms with van der Waals surface area (Å²) in [7, 11) is 0. The molecule has 2 N–H and O–H groups in total. The van der Waals surface area contributed by atoms with Crippen LogP contribution >= 0.6 is 11.3 Å². The smallest absolute Gasteiger partial charge is 0.252 e. The highest BCUT2D eigenvalue weighted by Gasteiger charge is 2.12.